The highest BCUT2D eigenvalue weighted by atomic mass is 16.5. The Balaban J connectivity index is 2.47. The van der Waals surface area contributed by atoms with Crippen molar-refractivity contribution in [2.45, 2.75) is 6.42 Å². The zero-order chi connectivity index (χ0) is 9.14. The first kappa shape index (κ1) is 9.19. The molecule has 0 saturated heterocycles. The average Bonchev–Trinajstić information content (AvgIpc) is 2.09. The van der Waals surface area contributed by atoms with E-state index >= 15 is 0 Å². The van der Waals surface area contributed by atoms with Crippen LogP contribution >= 0.6 is 0 Å². The van der Waals surface area contributed by atoms with Gasteiger partial charge >= 0.3 is 5.97 Å². The van der Waals surface area contributed by atoms with Gasteiger partial charge in [-0.15, -0.1) is 0 Å². The van der Waals surface area contributed by atoms with Gasteiger partial charge < -0.3 is 9.47 Å². The van der Waals surface area contributed by atoms with Crippen LogP contribution in [0.4, 0.5) is 0 Å². The number of esters is 1. The lowest BCUT2D eigenvalue weighted by Crippen LogP contribution is -2.44. The molecule has 68 valence electrons. The van der Waals surface area contributed by atoms with E-state index in [1.807, 2.05) is 0 Å². The summed E-state index contributed by atoms with van der Waals surface area (Å²) in [5, 5.41) is 0. The van der Waals surface area contributed by atoms with E-state index in [0.717, 1.165) is 0 Å². The smallest absolute Gasteiger partial charge is 0.309 e. The van der Waals surface area contributed by atoms with E-state index in [0.29, 0.717) is 13.0 Å². The summed E-state index contributed by atoms with van der Waals surface area (Å²) < 4.78 is 9.34. The van der Waals surface area contributed by atoms with Gasteiger partial charge in [0.2, 0.25) is 0 Å². The van der Waals surface area contributed by atoms with E-state index in [4.69, 9.17) is 4.74 Å². The Morgan fingerprint density at radius 3 is 2.67 bits per heavy atom. The molecule has 0 aliphatic heterocycles. The van der Waals surface area contributed by atoms with E-state index in [-0.39, 0.29) is 23.6 Å². The molecule has 0 N–H and O–H groups in total. The second kappa shape index (κ2) is 3.67. The Bertz CT molecular complexity index is 199. The minimum absolute atomic E-state index is 0.0900. The maximum absolute atomic E-state index is 11.0. The lowest BCUT2D eigenvalue weighted by Gasteiger charge is -2.31. The molecule has 4 nitrogen and oxygen atoms in total. The van der Waals surface area contributed by atoms with Gasteiger partial charge in [0, 0.05) is 13.5 Å². The van der Waals surface area contributed by atoms with Crippen LogP contribution in [0.2, 0.25) is 0 Å². The molecule has 1 fully saturated rings. The lowest BCUT2D eigenvalue weighted by molar-refractivity contribution is -0.160. The number of Topliss-reactive ketones (excluding diaryl/α,β-unsaturated/α-hetero) is 1. The largest absolute Gasteiger partial charge is 0.469 e. The number of rotatable bonds is 3. The molecule has 0 radical (unpaired) electrons. The van der Waals surface area contributed by atoms with Crippen LogP contribution in [0, 0.1) is 11.8 Å². The summed E-state index contributed by atoms with van der Waals surface area (Å²) in [5.41, 5.74) is 0. The monoisotopic (exact) mass is 172 g/mol. The van der Waals surface area contributed by atoms with Crippen LogP contribution in [0.3, 0.4) is 0 Å². The summed E-state index contributed by atoms with van der Waals surface area (Å²) in [4.78, 5) is 22.0. The van der Waals surface area contributed by atoms with E-state index in [2.05, 4.69) is 4.74 Å². The first-order chi connectivity index (χ1) is 5.70. The molecule has 0 aromatic carbocycles. The number of ketones is 1. The maximum Gasteiger partial charge on any atom is 0.309 e. The average molecular weight is 172 g/mol. The Hall–Kier alpha value is -0.900. The SMILES string of the molecule is COC[C@H]1C(=O)C[C@H]1C(=O)OC. The molecule has 4 heteroatoms. The molecular formula is C8H12O4. The van der Waals surface area contributed by atoms with Crippen molar-refractivity contribution in [3.63, 3.8) is 0 Å². The maximum atomic E-state index is 11.0. The van der Waals surface area contributed by atoms with Gasteiger partial charge in [0.1, 0.15) is 5.78 Å². The summed E-state index contributed by atoms with van der Waals surface area (Å²) in [6.07, 6.45) is 0.306. The van der Waals surface area contributed by atoms with Crippen LogP contribution in [0.25, 0.3) is 0 Å². The Morgan fingerprint density at radius 1 is 1.58 bits per heavy atom. The third kappa shape index (κ3) is 1.48. The highest BCUT2D eigenvalue weighted by Crippen LogP contribution is 2.31. The zero-order valence-corrected chi connectivity index (χ0v) is 7.20. The standard InChI is InChI=1S/C8H12O4/c1-11-4-6-5(3-7(6)9)8(10)12-2/h5-6H,3-4H2,1-2H3/t5-,6-/m1/s1. The van der Waals surface area contributed by atoms with Crippen molar-refractivity contribution >= 4 is 11.8 Å². The van der Waals surface area contributed by atoms with Crippen LogP contribution in [0.1, 0.15) is 6.42 Å². The Labute approximate surface area is 70.8 Å². The topological polar surface area (TPSA) is 52.6 Å². The minimum Gasteiger partial charge on any atom is -0.469 e. The van der Waals surface area contributed by atoms with Crippen molar-refractivity contribution in [3.8, 4) is 0 Å². The van der Waals surface area contributed by atoms with Gasteiger partial charge in [0.15, 0.2) is 0 Å². The number of hydrogen-bond acceptors (Lipinski definition) is 4. The molecular weight excluding hydrogens is 160 g/mol. The van der Waals surface area contributed by atoms with Crippen LogP contribution in [-0.2, 0) is 19.1 Å². The lowest BCUT2D eigenvalue weighted by atomic mass is 9.73. The van der Waals surface area contributed by atoms with Crippen LogP contribution in [0.5, 0.6) is 0 Å². The third-order valence-corrected chi connectivity index (χ3v) is 2.17. The summed E-state index contributed by atoms with van der Waals surface area (Å²) in [5.74, 6) is -0.770. The van der Waals surface area contributed by atoms with Crippen LogP contribution < -0.4 is 0 Å². The van der Waals surface area contributed by atoms with Crippen LogP contribution in [-0.4, -0.2) is 32.6 Å². The van der Waals surface area contributed by atoms with E-state index in [1.54, 1.807) is 0 Å². The predicted molar refractivity (Wildman–Crippen MR) is 40.5 cm³/mol. The van der Waals surface area contributed by atoms with Gasteiger partial charge in [-0.05, 0) is 0 Å². The molecule has 0 unspecified atom stereocenters. The second-order valence-electron chi connectivity index (χ2n) is 2.86. The first-order valence-corrected chi connectivity index (χ1v) is 3.80. The molecule has 12 heavy (non-hydrogen) atoms. The van der Waals surface area contributed by atoms with Crippen molar-refractivity contribution in [1.82, 2.24) is 0 Å². The fraction of sp³-hybridized carbons (Fsp3) is 0.750. The highest BCUT2D eigenvalue weighted by molar-refractivity contribution is 5.96. The molecule has 0 aromatic heterocycles. The molecule has 0 heterocycles. The van der Waals surface area contributed by atoms with Crippen LogP contribution in [0.15, 0.2) is 0 Å². The molecule has 0 bridgehead atoms. The minimum atomic E-state index is -0.309. The van der Waals surface area contributed by atoms with Crippen molar-refractivity contribution in [2.24, 2.45) is 11.8 Å². The summed E-state index contributed by atoms with van der Waals surface area (Å²) in [7, 11) is 2.84. The molecule has 1 saturated carbocycles. The highest BCUT2D eigenvalue weighted by Gasteiger charge is 2.44. The Kier molecular flexibility index (Phi) is 2.81. The fourth-order valence-corrected chi connectivity index (χ4v) is 1.36. The van der Waals surface area contributed by atoms with Crippen molar-refractivity contribution in [3.05, 3.63) is 0 Å². The van der Waals surface area contributed by atoms with Gasteiger partial charge in [-0.25, -0.2) is 0 Å². The number of carbonyl (C=O) groups is 2. The quantitative estimate of drug-likeness (QED) is 0.563. The van der Waals surface area contributed by atoms with E-state index in [1.165, 1.54) is 14.2 Å². The van der Waals surface area contributed by atoms with Gasteiger partial charge in [-0.1, -0.05) is 0 Å². The van der Waals surface area contributed by atoms with Gasteiger partial charge in [-0.3, -0.25) is 9.59 Å². The molecule has 1 aliphatic carbocycles. The first-order valence-electron chi connectivity index (χ1n) is 3.80. The molecule has 2 atom stereocenters. The summed E-state index contributed by atoms with van der Waals surface area (Å²) >= 11 is 0. The number of ether oxygens (including phenoxy) is 2. The molecule has 1 aliphatic rings. The molecule has 0 aromatic rings. The Morgan fingerprint density at radius 2 is 2.25 bits per heavy atom. The molecule has 0 spiro atoms. The fourth-order valence-electron chi connectivity index (χ4n) is 1.36. The van der Waals surface area contributed by atoms with Gasteiger partial charge in [0.05, 0.1) is 25.6 Å². The van der Waals surface area contributed by atoms with E-state index in [9.17, 15) is 9.59 Å². The van der Waals surface area contributed by atoms with Gasteiger partial charge in [0.25, 0.3) is 0 Å². The zero-order valence-electron chi connectivity index (χ0n) is 7.20. The summed E-state index contributed by atoms with van der Waals surface area (Å²) in [6, 6.07) is 0. The van der Waals surface area contributed by atoms with Gasteiger partial charge in [-0.2, -0.15) is 0 Å². The number of hydrogen-bond donors (Lipinski definition) is 0. The van der Waals surface area contributed by atoms with E-state index < -0.39 is 0 Å². The number of carbonyl (C=O) groups excluding carboxylic acids is 2. The normalized spacial score (nSPS) is 28.0. The molecule has 0 amide bonds. The third-order valence-electron chi connectivity index (χ3n) is 2.17. The van der Waals surface area contributed by atoms with Crippen molar-refractivity contribution < 1.29 is 19.1 Å². The van der Waals surface area contributed by atoms with Crippen molar-refractivity contribution in [2.75, 3.05) is 20.8 Å². The summed E-state index contributed by atoms with van der Waals surface area (Å²) in [6.45, 7) is 0.318. The number of methoxy groups -OCH3 is 2. The predicted octanol–water partition coefficient (Wildman–Crippen LogP) is 0.0110. The van der Waals surface area contributed by atoms with Crippen molar-refractivity contribution in [1.29, 1.82) is 0 Å². The second-order valence-corrected chi connectivity index (χ2v) is 2.86. The molecule has 1 rings (SSSR count).